The number of nitrogens with one attached hydrogen (secondary N) is 1. The minimum Gasteiger partial charge on any atom is -0.302 e. The van der Waals surface area contributed by atoms with E-state index in [0.29, 0.717) is 18.5 Å². The van der Waals surface area contributed by atoms with Gasteiger partial charge in [-0.1, -0.05) is 32.0 Å². The summed E-state index contributed by atoms with van der Waals surface area (Å²) in [5.74, 6) is 0.246. The molecule has 0 saturated heterocycles. The van der Waals surface area contributed by atoms with Crippen LogP contribution in [0.25, 0.3) is 0 Å². The summed E-state index contributed by atoms with van der Waals surface area (Å²) in [4.78, 5) is 0. The molecule has 0 saturated carbocycles. The fraction of sp³-hybridized carbons (Fsp3) is 0.538. The van der Waals surface area contributed by atoms with Crippen molar-refractivity contribution in [3.8, 4) is 0 Å². The Hall–Kier alpha value is -1.03. The van der Waals surface area contributed by atoms with Gasteiger partial charge in [-0.15, -0.1) is 0 Å². The summed E-state index contributed by atoms with van der Waals surface area (Å²) < 4.78 is 38.7. The van der Waals surface area contributed by atoms with Gasteiger partial charge < -0.3 is 5.32 Å². The van der Waals surface area contributed by atoms with Crippen molar-refractivity contribution in [2.24, 2.45) is 0 Å². The highest BCUT2D eigenvalue weighted by molar-refractivity contribution is 5.38. The van der Waals surface area contributed by atoms with Crippen LogP contribution in [-0.2, 0) is 6.42 Å². The van der Waals surface area contributed by atoms with Gasteiger partial charge in [0.25, 0.3) is 0 Å². The monoisotopic (exact) mass is 243 g/mol. The predicted octanol–water partition coefficient (Wildman–Crippen LogP) is 3.56. The van der Waals surface area contributed by atoms with Crippen molar-refractivity contribution in [3.05, 3.63) is 34.9 Å². The molecule has 1 aromatic carbocycles. The van der Waals surface area contributed by atoms with Crippen molar-refractivity contribution < 1.29 is 13.2 Å². The molecule has 0 fully saturated rings. The molecule has 17 heavy (non-hydrogen) atoms. The van der Waals surface area contributed by atoms with E-state index in [9.17, 15) is 13.2 Å². The second-order valence-electron chi connectivity index (χ2n) is 4.79. The minimum atomic E-state index is -4.22. The molecule has 0 aromatic heterocycles. The van der Waals surface area contributed by atoms with Gasteiger partial charge in [-0.25, -0.2) is 0 Å². The molecule has 1 unspecified atom stereocenters. The van der Waals surface area contributed by atoms with Crippen LogP contribution in [-0.4, -0.2) is 12.7 Å². The van der Waals surface area contributed by atoms with Gasteiger partial charge in [0, 0.05) is 6.54 Å². The lowest BCUT2D eigenvalue weighted by Crippen LogP contribution is -2.39. The first-order chi connectivity index (χ1) is 7.89. The largest absolute Gasteiger partial charge is 0.407 e. The molecule has 1 N–H and O–H groups in total. The first kappa shape index (κ1) is 12.4. The Balaban J connectivity index is 2.45. The molecule has 1 aliphatic rings. The number of rotatable bonds is 1. The van der Waals surface area contributed by atoms with Gasteiger partial charge in [0.15, 0.2) is 0 Å². The van der Waals surface area contributed by atoms with Crippen LogP contribution in [0.15, 0.2) is 18.2 Å². The highest BCUT2D eigenvalue weighted by atomic mass is 19.4. The number of hydrogen-bond acceptors (Lipinski definition) is 1. The second kappa shape index (κ2) is 4.33. The topological polar surface area (TPSA) is 12.0 Å². The van der Waals surface area contributed by atoms with Crippen molar-refractivity contribution in [1.82, 2.24) is 5.32 Å². The molecule has 0 aliphatic carbocycles. The maximum atomic E-state index is 12.9. The Morgan fingerprint density at radius 3 is 2.59 bits per heavy atom. The summed E-state index contributed by atoms with van der Waals surface area (Å²) in [6, 6.07) is 3.96. The van der Waals surface area contributed by atoms with E-state index in [-0.39, 0.29) is 5.92 Å². The van der Waals surface area contributed by atoms with E-state index in [1.165, 1.54) is 0 Å². The van der Waals surface area contributed by atoms with Crippen molar-refractivity contribution in [1.29, 1.82) is 0 Å². The van der Waals surface area contributed by atoms with Crippen LogP contribution in [0.2, 0.25) is 0 Å². The molecule has 1 atom stereocenters. The minimum absolute atomic E-state index is 0.246. The van der Waals surface area contributed by atoms with Crippen LogP contribution >= 0.6 is 0 Å². The van der Waals surface area contributed by atoms with E-state index in [0.717, 1.165) is 11.1 Å². The van der Waals surface area contributed by atoms with Gasteiger partial charge in [0.1, 0.15) is 6.04 Å². The molecule has 94 valence electrons. The summed E-state index contributed by atoms with van der Waals surface area (Å²) in [7, 11) is 0. The SMILES string of the molecule is CC(C)c1ccc2c(c1)C(C(F)(F)F)NCC2. The van der Waals surface area contributed by atoms with Crippen molar-refractivity contribution in [3.63, 3.8) is 0 Å². The molecular formula is C13H16F3N. The van der Waals surface area contributed by atoms with Gasteiger partial charge in [0.2, 0.25) is 0 Å². The first-order valence-corrected chi connectivity index (χ1v) is 5.82. The van der Waals surface area contributed by atoms with Crippen LogP contribution in [0.5, 0.6) is 0 Å². The maximum absolute atomic E-state index is 12.9. The van der Waals surface area contributed by atoms with E-state index in [4.69, 9.17) is 0 Å². The summed E-state index contributed by atoms with van der Waals surface area (Å²) in [5, 5.41) is 2.56. The molecule has 1 nitrogen and oxygen atoms in total. The van der Waals surface area contributed by atoms with Gasteiger partial charge in [0.05, 0.1) is 0 Å². The van der Waals surface area contributed by atoms with Gasteiger partial charge in [-0.05, 0) is 29.0 Å². The smallest absolute Gasteiger partial charge is 0.302 e. The molecule has 0 radical (unpaired) electrons. The third kappa shape index (κ3) is 2.46. The van der Waals surface area contributed by atoms with Crippen LogP contribution in [0.3, 0.4) is 0 Å². The van der Waals surface area contributed by atoms with Crippen LogP contribution in [0.1, 0.15) is 42.5 Å². The lowest BCUT2D eigenvalue weighted by Gasteiger charge is -2.29. The van der Waals surface area contributed by atoms with Crippen molar-refractivity contribution in [2.75, 3.05) is 6.54 Å². The van der Waals surface area contributed by atoms with E-state index in [2.05, 4.69) is 5.32 Å². The Labute approximate surface area is 99.0 Å². The lowest BCUT2D eigenvalue weighted by molar-refractivity contribution is -0.158. The highest BCUT2D eigenvalue weighted by Gasteiger charge is 2.42. The molecule has 4 heteroatoms. The number of halogens is 3. The van der Waals surface area contributed by atoms with Crippen molar-refractivity contribution >= 4 is 0 Å². The second-order valence-corrected chi connectivity index (χ2v) is 4.79. The zero-order valence-corrected chi connectivity index (χ0v) is 9.93. The average Bonchev–Trinajstić information content (AvgIpc) is 2.26. The Morgan fingerprint density at radius 2 is 2.00 bits per heavy atom. The van der Waals surface area contributed by atoms with Crippen LogP contribution in [0.4, 0.5) is 13.2 Å². The van der Waals surface area contributed by atoms with Crippen LogP contribution in [0, 0.1) is 0 Å². The summed E-state index contributed by atoms with van der Waals surface area (Å²) >= 11 is 0. The quantitative estimate of drug-likeness (QED) is 0.795. The van der Waals surface area contributed by atoms with Crippen molar-refractivity contribution in [2.45, 2.75) is 38.4 Å². The van der Waals surface area contributed by atoms with E-state index >= 15 is 0 Å². The number of fused-ring (bicyclic) bond motifs is 1. The molecular weight excluding hydrogens is 227 g/mol. The Bertz CT molecular complexity index is 410. The predicted molar refractivity (Wildman–Crippen MR) is 61.0 cm³/mol. The third-order valence-electron chi connectivity index (χ3n) is 3.22. The van der Waals surface area contributed by atoms with E-state index in [1.54, 1.807) is 6.07 Å². The summed E-state index contributed by atoms with van der Waals surface area (Å²) in [6.45, 7) is 4.36. The number of hydrogen-bond donors (Lipinski definition) is 1. The Kier molecular flexibility index (Phi) is 3.17. The molecule has 1 aliphatic heterocycles. The van der Waals surface area contributed by atoms with E-state index in [1.807, 2.05) is 26.0 Å². The third-order valence-corrected chi connectivity index (χ3v) is 3.22. The fourth-order valence-electron chi connectivity index (χ4n) is 2.22. The fourth-order valence-corrected chi connectivity index (χ4v) is 2.22. The molecule has 2 rings (SSSR count). The summed E-state index contributed by atoms with van der Waals surface area (Å²) in [6.07, 6.45) is -3.55. The lowest BCUT2D eigenvalue weighted by atomic mass is 9.89. The number of benzene rings is 1. The molecule has 0 bridgehead atoms. The van der Waals surface area contributed by atoms with Gasteiger partial charge in [-0.3, -0.25) is 0 Å². The van der Waals surface area contributed by atoms with Crippen LogP contribution < -0.4 is 5.32 Å². The standard InChI is InChI=1S/C13H16F3N/c1-8(2)10-4-3-9-5-6-17-12(11(9)7-10)13(14,15)16/h3-4,7-8,12,17H,5-6H2,1-2H3. The molecule has 0 spiro atoms. The van der Waals surface area contributed by atoms with Gasteiger partial charge in [-0.2, -0.15) is 13.2 Å². The zero-order chi connectivity index (χ0) is 12.6. The molecule has 0 amide bonds. The normalized spacial score (nSPS) is 20.5. The molecule has 1 heterocycles. The zero-order valence-electron chi connectivity index (χ0n) is 9.93. The Morgan fingerprint density at radius 1 is 1.29 bits per heavy atom. The first-order valence-electron chi connectivity index (χ1n) is 5.82. The highest BCUT2D eigenvalue weighted by Crippen LogP contribution is 2.37. The molecule has 1 aromatic rings. The number of alkyl halides is 3. The van der Waals surface area contributed by atoms with E-state index < -0.39 is 12.2 Å². The average molecular weight is 243 g/mol. The van der Waals surface area contributed by atoms with Gasteiger partial charge >= 0.3 is 6.18 Å². The summed E-state index contributed by atoms with van der Waals surface area (Å²) in [5.41, 5.74) is 2.17. The maximum Gasteiger partial charge on any atom is 0.407 e.